The van der Waals surface area contributed by atoms with E-state index in [0.29, 0.717) is 6.54 Å². The fraction of sp³-hybridized carbons (Fsp3) is 0.467. The highest BCUT2D eigenvalue weighted by Crippen LogP contribution is 2.16. The van der Waals surface area contributed by atoms with E-state index in [-0.39, 0.29) is 5.91 Å². The van der Waals surface area contributed by atoms with Gasteiger partial charge in [0.15, 0.2) is 0 Å². The van der Waals surface area contributed by atoms with Gasteiger partial charge in [0.05, 0.1) is 11.0 Å². The van der Waals surface area contributed by atoms with Crippen molar-refractivity contribution >= 4 is 16.9 Å². The molecule has 5 heteroatoms. The first-order valence-corrected chi connectivity index (χ1v) is 7.22. The summed E-state index contributed by atoms with van der Waals surface area (Å²) in [4.78, 5) is 19.0. The molecule has 5 nitrogen and oxygen atoms in total. The second kappa shape index (κ2) is 5.63. The average molecular weight is 272 g/mol. The quantitative estimate of drug-likeness (QED) is 0.908. The Labute approximate surface area is 118 Å². The summed E-state index contributed by atoms with van der Waals surface area (Å²) in [6.07, 6.45) is 0.837. The van der Waals surface area contributed by atoms with Crippen molar-refractivity contribution in [2.24, 2.45) is 0 Å². The van der Waals surface area contributed by atoms with Crippen LogP contribution in [0.25, 0.3) is 11.0 Å². The Morgan fingerprint density at radius 2 is 2.05 bits per heavy atom. The maximum absolute atomic E-state index is 12.4. The summed E-state index contributed by atoms with van der Waals surface area (Å²) >= 11 is 0. The maximum Gasteiger partial charge on any atom is 0.242 e. The first-order valence-electron chi connectivity index (χ1n) is 7.22. The molecule has 1 aliphatic heterocycles. The third kappa shape index (κ3) is 2.41. The molecule has 0 aliphatic carbocycles. The molecule has 106 valence electrons. The zero-order chi connectivity index (χ0) is 13.9. The molecule has 0 spiro atoms. The first kappa shape index (κ1) is 13.1. The molecule has 2 heterocycles. The molecular weight excluding hydrogens is 252 g/mol. The van der Waals surface area contributed by atoms with Gasteiger partial charge in [-0.15, -0.1) is 0 Å². The molecule has 1 aromatic heterocycles. The number of para-hydroxylation sites is 2. The zero-order valence-electron chi connectivity index (χ0n) is 11.8. The molecule has 3 rings (SSSR count). The molecule has 1 N–H and O–H groups in total. The zero-order valence-corrected chi connectivity index (χ0v) is 11.8. The third-order valence-corrected chi connectivity index (χ3v) is 3.81. The van der Waals surface area contributed by atoms with E-state index in [1.807, 2.05) is 29.2 Å². The smallest absolute Gasteiger partial charge is 0.242 e. The summed E-state index contributed by atoms with van der Waals surface area (Å²) in [7, 11) is 0. The highest BCUT2D eigenvalue weighted by Gasteiger charge is 2.18. The molecular formula is C15H20N4O. The topological polar surface area (TPSA) is 50.2 Å². The van der Waals surface area contributed by atoms with Gasteiger partial charge in [-0.2, -0.15) is 0 Å². The number of rotatable bonds is 3. The van der Waals surface area contributed by atoms with Gasteiger partial charge in [-0.05, 0) is 12.1 Å². The van der Waals surface area contributed by atoms with Crippen molar-refractivity contribution < 1.29 is 4.79 Å². The number of piperazine rings is 1. The van der Waals surface area contributed by atoms with Gasteiger partial charge in [-0.1, -0.05) is 19.1 Å². The third-order valence-electron chi connectivity index (χ3n) is 3.81. The van der Waals surface area contributed by atoms with Crippen LogP contribution in [-0.2, 0) is 17.8 Å². The Bertz CT molecular complexity index is 613. The van der Waals surface area contributed by atoms with Crippen LogP contribution >= 0.6 is 0 Å². The van der Waals surface area contributed by atoms with Gasteiger partial charge >= 0.3 is 0 Å². The average Bonchev–Trinajstić information content (AvgIpc) is 2.86. The number of carbonyl (C=O) groups is 1. The van der Waals surface area contributed by atoms with Crippen LogP contribution in [0.4, 0.5) is 0 Å². The molecule has 1 saturated heterocycles. The normalized spacial score (nSPS) is 15.8. The SMILES string of the molecule is CCc1nc2ccccc2n1CC(=O)N1CCNCC1. The van der Waals surface area contributed by atoms with Crippen LogP contribution in [-0.4, -0.2) is 46.5 Å². The highest BCUT2D eigenvalue weighted by atomic mass is 16.2. The molecule has 1 aliphatic rings. The molecule has 2 aromatic rings. The lowest BCUT2D eigenvalue weighted by Crippen LogP contribution is -2.47. The second-order valence-corrected chi connectivity index (χ2v) is 5.09. The van der Waals surface area contributed by atoms with Gasteiger partial charge in [0.2, 0.25) is 5.91 Å². The van der Waals surface area contributed by atoms with Crippen LogP contribution in [0.15, 0.2) is 24.3 Å². The number of aromatic nitrogens is 2. The largest absolute Gasteiger partial charge is 0.339 e. The number of benzene rings is 1. The van der Waals surface area contributed by atoms with E-state index in [1.165, 1.54) is 0 Å². The lowest BCUT2D eigenvalue weighted by atomic mass is 10.3. The van der Waals surface area contributed by atoms with E-state index >= 15 is 0 Å². The number of hydrogen-bond acceptors (Lipinski definition) is 3. The summed E-state index contributed by atoms with van der Waals surface area (Å²) in [6, 6.07) is 8.01. The standard InChI is InChI=1S/C15H20N4O/c1-2-14-17-12-5-3-4-6-13(12)19(14)11-15(20)18-9-7-16-8-10-18/h3-6,16H,2,7-11H2,1H3. The van der Waals surface area contributed by atoms with E-state index in [2.05, 4.69) is 21.8 Å². The number of hydrogen-bond donors (Lipinski definition) is 1. The lowest BCUT2D eigenvalue weighted by molar-refractivity contribution is -0.132. The van der Waals surface area contributed by atoms with Crippen molar-refractivity contribution in [3.05, 3.63) is 30.1 Å². The molecule has 0 saturated carbocycles. The van der Waals surface area contributed by atoms with Crippen LogP contribution < -0.4 is 5.32 Å². The number of amides is 1. The minimum absolute atomic E-state index is 0.185. The molecule has 1 aromatic carbocycles. The Kier molecular flexibility index (Phi) is 3.69. The number of aryl methyl sites for hydroxylation is 1. The number of carbonyl (C=O) groups excluding carboxylic acids is 1. The van der Waals surface area contributed by atoms with Crippen LogP contribution in [0.3, 0.4) is 0 Å². The molecule has 0 atom stereocenters. The van der Waals surface area contributed by atoms with Crippen molar-refractivity contribution in [3.63, 3.8) is 0 Å². The first-order chi connectivity index (χ1) is 9.79. The van der Waals surface area contributed by atoms with Gasteiger partial charge in [0, 0.05) is 32.6 Å². The number of nitrogens with zero attached hydrogens (tertiary/aromatic N) is 3. The van der Waals surface area contributed by atoms with Crippen LogP contribution in [0.5, 0.6) is 0 Å². The Balaban J connectivity index is 1.87. The number of imidazole rings is 1. The molecule has 1 amide bonds. The van der Waals surface area contributed by atoms with Gasteiger partial charge in [0.1, 0.15) is 12.4 Å². The van der Waals surface area contributed by atoms with Crippen molar-refractivity contribution in [1.29, 1.82) is 0 Å². The van der Waals surface area contributed by atoms with E-state index in [1.54, 1.807) is 0 Å². The number of fused-ring (bicyclic) bond motifs is 1. The van der Waals surface area contributed by atoms with Crippen molar-refractivity contribution in [2.75, 3.05) is 26.2 Å². The molecule has 0 radical (unpaired) electrons. The van der Waals surface area contributed by atoms with Gasteiger partial charge in [-0.25, -0.2) is 4.98 Å². The predicted molar refractivity (Wildman–Crippen MR) is 78.6 cm³/mol. The fourth-order valence-electron chi connectivity index (χ4n) is 2.72. The monoisotopic (exact) mass is 272 g/mol. The van der Waals surface area contributed by atoms with Gasteiger partial charge < -0.3 is 14.8 Å². The van der Waals surface area contributed by atoms with Crippen LogP contribution in [0, 0.1) is 0 Å². The lowest BCUT2D eigenvalue weighted by Gasteiger charge is -2.27. The summed E-state index contributed by atoms with van der Waals surface area (Å²) in [5.74, 6) is 1.17. The Morgan fingerprint density at radius 1 is 1.30 bits per heavy atom. The van der Waals surface area contributed by atoms with E-state index in [4.69, 9.17) is 0 Å². The Hall–Kier alpha value is -1.88. The van der Waals surface area contributed by atoms with Gasteiger partial charge in [0.25, 0.3) is 0 Å². The fourth-order valence-corrected chi connectivity index (χ4v) is 2.72. The molecule has 0 unspecified atom stereocenters. The molecule has 20 heavy (non-hydrogen) atoms. The summed E-state index contributed by atoms with van der Waals surface area (Å²) in [6.45, 7) is 5.84. The Morgan fingerprint density at radius 3 is 2.80 bits per heavy atom. The predicted octanol–water partition coefficient (Wildman–Crippen LogP) is 1.03. The van der Waals surface area contributed by atoms with Crippen molar-refractivity contribution in [3.8, 4) is 0 Å². The van der Waals surface area contributed by atoms with E-state index < -0.39 is 0 Å². The van der Waals surface area contributed by atoms with Crippen molar-refractivity contribution in [2.45, 2.75) is 19.9 Å². The van der Waals surface area contributed by atoms with E-state index in [0.717, 1.165) is 49.5 Å². The summed E-state index contributed by atoms with van der Waals surface area (Å²) < 4.78 is 2.06. The maximum atomic E-state index is 12.4. The van der Waals surface area contributed by atoms with Gasteiger partial charge in [-0.3, -0.25) is 4.79 Å². The highest BCUT2D eigenvalue weighted by molar-refractivity contribution is 5.81. The second-order valence-electron chi connectivity index (χ2n) is 5.09. The minimum atomic E-state index is 0.185. The minimum Gasteiger partial charge on any atom is -0.339 e. The summed E-state index contributed by atoms with van der Waals surface area (Å²) in [5.41, 5.74) is 2.02. The van der Waals surface area contributed by atoms with E-state index in [9.17, 15) is 4.79 Å². The molecule has 0 bridgehead atoms. The molecule has 1 fully saturated rings. The van der Waals surface area contributed by atoms with Crippen LogP contribution in [0.1, 0.15) is 12.7 Å². The number of nitrogens with one attached hydrogen (secondary N) is 1. The van der Waals surface area contributed by atoms with Crippen molar-refractivity contribution in [1.82, 2.24) is 19.8 Å². The summed E-state index contributed by atoms with van der Waals surface area (Å²) in [5, 5.41) is 3.27. The van der Waals surface area contributed by atoms with Crippen LogP contribution in [0.2, 0.25) is 0 Å².